The Bertz CT molecular complexity index is 2250. The summed E-state index contributed by atoms with van der Waals surface area (Å²) in [6, 6.07) is 5.45. The third kappa shape index (κ3) is 9.42. The van der Waals surface area contributed by atoms with Crippen LogP contribution in [0.25, 0.3) is 10.9 Å². The smallest absolute Gasteiger partial charge is 0.408 e. The zero-order valence-corrected chi connectivity index (χ0v) is 37.7. The van der Waals surface area contributed by atoms with Crippen LogP contribution in [-0.4, -0.2) is 128 Å². The molecule has 342 valence electrons. The van der Waals surface area contributed by atoms with E-state index >= 15 is 0 Å². The van der Waals surface area contributed by atoms with Crippen LogP contribution in [0.4, 0.5) is 4.79 Å². The van der Waals surface area contributed by atoms with Gasteiger partial charge in [-0.1, -0.05) is 64.0 Å². The normalized spacial score (nSPS) is 29.9. The summed E-state index contributed by atoms with van der Waals surface area (Å²) in [7, 11) is -4.06. The predicted molar refractivity (Wildman–Crippen MR) is 234 cm³/mol. The number of morpholine rings is 1. The van der Waals surface area contributed by atoms with E-state index in [0.29, 0.717) is 56.2 Å². The van der Waals surface area contributed by atoms with Crippen molar-refractivity contribution >= 4 is 44.7 Å². The van der Waals surface area contributed by atoms with Gasteiger partial charge >= 0.3 is 6.09 Å². The number of pyridine rings is 1. The quantitative estimate of drug-likeness (QED) is 0.289. The molecule has 17 heteroatoms. The van der Waals surface area contributed by atoms with Crippen molar-refractivity contribution in [1.82, 2.24) is 30.1 Å². The number of nitrogens with one attached hydrogen (secondary N) is 3. The highest BCUT2D eigenvalue weighted by molar-refractivity contribution is 7.91. The molecule has 7 atom stereocenters. The summed E-state index contributed by atoms with van der Waals surface area (Å²) in [4.78, 5) is 65.8. The maximum absolute atomic E-state index is 14.9. The molecule has 2 bridgehead atoms. The fraction of sp³-hybridized carbons (Fsp3) is 0.630. The van der Waals surface area contributed by atoms with Crippen LogP contribution < -0.4 is 24.8 Å². The molecule has 3 aliphatic carbocycles. The van der Waals surface area contributed by atoms with E-state index in [1.165, 1.54) is 17.1 Å². The van der Waals surface area contributed by atoms with Gasteiger partial charge in [0.05, 0.1) is 35.6 Å². The van der Waals surface area contributed by atoms with Gasteiger partial charge in [-0.15, -0.1) is 6.58 Å². The van der Waals surface area contributed by atoms with Crippen molar-refractivity contribution in [3.63, 3.8) is 0 Å². The number of carbonyl (C=O) groups excluding carboxylic acids is 4. The van der Waals surface area contributed by atoms with Crippen LogP contribution in [0.2, 0.25) is 0 Å². The highest BCUT2D eigenvalue weighted by Gasteiger charge is 2.56. The van der Waals surface area contributed by atoms with E-state index in [1.807, 2.05) is 45.0 Å². The van der Waals surface area contributed by atoms with Gasteiger partial charge in [-0.3, -0.25) is 24.0 Å². The number of hydrogen-bond donors (Lipinski definition) is 3. The molecule has 1 aromatic carbocycles. The van der Waals surface area contributed by atoms with E-state index in [9.17, 15) is 27.6 Å². The molecule has 2 saturated carbocycles. The first-order chi connectivity index (χ1) is 30.0. The van der Waals surface area contributed by atoms with Gasteiger partial charge < -0.3 is 34.5 Å². The van der Waals surface area contributed by atoms with E-state index in [-0.39, 0.29) is 25.0 Å². The molecule has 2 aromatic rings. The highest BCUT2D eigenvalue weighted by atomic mass is 32.2. The Balaban J connectivity index is 1.14. The number of carbonyl (C=O) groups is 4. The van der Waals surface area contributed by atoms with Crippen molar-refractivity contribution in [2.75, 3.05) is 46.0 Å². The van der Waals surface area contributed by atoms with Crippen molar-refractivity contribution in [2.45, 2.75) is 120 Å². The summed E-state index contributed by atoms with van der Waals surface area (Å²) in [6.07, 6.45) is 8.62. The van der Waals surface area contributed by atoms with Gasteiger partial charge in [0.1, 0.15) is 42.2 Å². The number of amides is 4. The highest BCUT2D eigenvalue weighted by Crippen LogP contribution is 2.44. The molecule has 3 N–H and O–H groups in total. The maximum Gasteiger partial charge on any atom is 0.408 e. The van der Waals surface area contributed by atoms with Gasteiger partial charge in [0.2, 0.25) is 27.7 Å². The number of rotatable bonds is 10. The predicted octanol–water partition coefficient (Wildman–Crippen LogP) is 4.17. The van der Waals surface area contributed by atoms with Gasteiger partial charge in [-0.2, -0.15) is 0 Å². The number of ether oxygens (including phenoxy) is 4. The number of aromatic nitrogens is 1. The summed E-state index contributed by atoms with van der Waals surface area (Å²) in [5.41, 5.74) is -1.13. The van der Waals surface area contributed by atoms with Crippen LogP contribution >= 0.6 is 0 Å². The van der Waals surface area contributed by atoms with E-state index in [2.05, 4.69) is 26.8 Å². The third-order valence-corrected chi connectivity index (χ3v) is 15.8. The maximum atomic E-state index is 14.9. The molecule has 4 fully saturated rings. The number of nitrogens with zero attached hydrogens (tertiary/aromatic N) is 3. The molecule has 6 aliphatic rings. The van der Waals surface area contributed by atoms with Crippen LogP contribution in [0.1, 0.15) is 84.6 Å². The lowest BCUT2D eigenvalue weighted by Gasteiger charge is -2.42. The largest absolute Gasteiger partial charge is 0.491 e. The lowest BCUT2D eigenvalue weighted by Crippen LogP contribution is -2.68. The molecule has 0 unspecified atom stereocenters. The second-order valence-electron chi connectivity index (χ2n) is 19.4. The second-order valence-corrected chi connectivity index (χ2v) is 21.6. The molecular formula is C46H62N6O10S. The minimum atomic E-state index is -4.06. The fourth-order valence-electron chi connectivity index (χ4n) is 9.11. The molecule has 4 heterocycles. The van der Waals surface area contributed by atoms with Crippen LogP contribution in [0.5, 0.6) is 11.6 Å². The fourth-order valence-corrected chi connectivity index (χ4v) is 10.4. The first kappa shape index (κ1) is 44.9. The van der Waals surface area contributed by atoms with Crippen molar-refractivity contribution in [3.8, 4) is 11.6 Å². The van der Waals surface area contributed by atoms with Crippen LogP contribution in [0.15, 0.2) is 49.1 Å². The zero-order valence-electron chi connectivity index (χ0n) is 36.9. The lowest BCUT2D eigenvalue weighted by molar-refractivity contribution is -0.143. The standard InChI is InChI=1S/C46H62N6O10S/c1-6-30-16-17-46(30,42(55)50-63(57,58)45(5)18-19-45)49-39(53)35-27-31-28-52(35)41(54)38(44(2,3)4)48-43(56)62-36-26-29(36)12-8-7-9-14-33-37(60-25-22-51-20-23-59-24-21-51)32-13-10-11-15-34(32)47-40(33)61-31/h6,10-11,13,15-17,29-31,35-36,38H,1,7-9,12,14,18-28H2,2-5H3,(H,48,56)(H,49,53)(H,50,55)/t29-,30-,31-,35+,36-,38-,46-/m1/s1. The Morgan fingerprint density at radius 1 is 1.08 bits per heavy atom. The molecule has 2 saturated heterocycles. The summed E-state index contributed by atoms with van der Waals surface area (Å²) in [6.45, 7) is 15.0. The molecule has 1 aromatic heterocycles. The van der Waals surface area contributed by atoms with Gasteiger partial charge in [0.25, 0.3) is 5.91 Å². The summed E-state index contributed by atoms with van der Waals surface area (Å²) in [5, 5.41) is 6.53. The lowest BCUT2D eigenvalue weighted by atomic mass is 9.73. The van der Waals surface area contributed by atoms with Crippen molar-refractivity contribution in [2.24, 2.45) is 17.3 Å². The van der Waals surface area contributed by atoms with Gasteiger partial charge in [-0.25, -0.2) is 18.2 Å². The minimum absolute atomic E-state index is 0.000341. The minimum Gasteiger partial charge on any atom is -0.491 e. The van der Waals surface area contributed by atoms with Crippen molar-refractivity contribution < 1.29 is 46.5 Å². The number of fused-ring (bicyclic) bond motifs is 5. The number of benzene rings is 1. The topological polar surface area (TPSA) is 195 Å². The van der Waals surface area contributed by atoms with Gasteiger partial charge in [0.15, 0.2) is 0 Å². The Hall–Kier alpha value is -4.74. The van der Waals surface area contributed by atoms with Crippen molar-refractivity contribution in [1.29, 1.82) is 0 Å². The Kier molecular flexibility index (Phi) is 12.6. The summed E-state index contributed by atoms with van der Waals surface area (Å²) >= 11 is 0. The number of sulfonamides is 1. The average molecular weight is 891 g/mol. The monoisotopic (exact) mass is 890 g/mol. The molecular weight excluding hydrogens is 829 g/mol. The van der Waals surface area contributed by atoms with E-state index in [1.54, 1.807) is 13.0 Å². The van der Waals surface area contributed by atoms with E-state index < -0.39 is 73.6 Å². The van der Waals surface area contributed by atoms with Crippen LogP contribution in [0.3, 0.4) is 0 Å². The summed E-state index contributed by atoms with van der Waals surface area (Å²) < 4.78 is 52.6. The Morgan fingerprint density at radius 3 is 2.54 bits per heavy atom. The SMILES string of the molecule is C=C[C@@H]1C=C[C@]1(NC(=O)[C@@H]1C[C@@H]2CN1C(=O)[C@H](C(C)(C)C)NC(=O)O[C@@H]1C[C@H]1CCCCCc1c(nc3ccccc3c1OCCN1CCOCC1)O2)C(=O)NS(=O)(=O)C1(C)CC1. The van der Waals surface area contributed by atoms with Crippen LogP contribution in [-0.2, 0) is 40.3 Å². The van der Waals surface area contributed by atoms with Gasteiger partial charge in [0, 0.05) is 37.4 Å². The third-order valence-electron chi connectivity index (χ3n) is 13.7. The molecule has 4 amide bonds. The number of para-hydroxylation sites is 1. The van der Waals surface area contributed by atoms with Crippen LogP contribution in [0, 0.1) is 17.3 Å². The van der Waals surface area contributed by atoms with Crippen molar-refractivity contribution in [3.05, 3.63) is 54.6 Å². The molecule has 8 rings (SSSR count). The molecule has 0 radical (unpaired) electrons. The zero-order chi connectivity index (χ0) is 44.7. The average Bonchev–Trinajstić information content (AvgIpc) is 4.13. The molecule has 16 nitrogen and oxygen atoms in total. The van der Waals surface area contributed by atoms with Gasteiger partial charge in [-0.05, 0) is 68.9 Å². The molecule has 3 aliphatic heterocycles. The molecule has 63 heavy (non-hydrogen) atoms. The number of hydrogen-bond acceptors (Lipinski definition) is 12. The first-order valence-electron chi connectivity index (χ1n) is 22.5. The first-order valence-corrected chi connectivity index (χ1v) is 24.0. The number of alkyl carbamates (subject to hydrolysis) is 1. The second kappa shape index (κ2) is 17.7. The van der Waals surface area contributed by atoms with E-state index in [0.717, 1.165) is 62.7 Å². The van der Waals surface area contributed by atoms with E-state index in [4.69, 9.17) is 23.9 Å². The Labute approximate surface area is 369 Å². The molecule has 0 spiro atoms. The summed E-state index contributed by atoms with van der Waals surface area (Å²) in [5.74, 6) is -1.60. The Morgan fingerprint density at radius 2 is 1.84 bits per heavy atom.